The predicted octanol–water partition coefficient (Wildman–Crippen LogP) is 6.80. The van der Waals surface area contributed by atoms with E-state index < -0.39 is 0 Å². The number of aromatic nitrogens is 4. The van der Waals surface area contributed by atoms with Crippen LogP contribution in [0.3, 0.4) is 0 Å². The maximum absolute atomic E-state index is 5.83. The molecule has 0 spiro atoms. The number of likely N-dealkylation sites (tertiary alicyclic amines) is 1. The van der Waals surface area contributed by atoms with Crippen molar-refractivity contribution >= 4 is 21.9 Å². The van der Waals surface area contributed by atoms with Gasteiger partial charge in [-0.3, -0.25) is 14.9 Å². The lowest BCUT2D eigenvalue weighted by molar-refractivity contribution is -0.0594. The van der Waals surface area contributed by atoms with Crippen molar-refractivity contribution in [2.24, 2.45) is 0 Å². The maximum atomic E-state index is 5.83. The van der Waals surface area contributed by atoms with E-state index in [-0.39, 0.29) is 6.04 Å². The van der Waals surface area contributed by atoms with E-state index in [2.05, 4.69) is 89.0 Å². The highest BCUT2D eigenvalue weighted by Gasteiger charge is 2.30. The van der Waals surface area contributed by atoms with Gasteiger partial charge in [-0.15, -0.1) is 0 Å². The number of fused-ring (bicyclic) bond motifs is 2. The average Bonchev–Trinajstić information content (AvgIpc) is 3.35. The van der Waals surface area contributed by atoms with E-state index >= 15 is 0 Å². The molecule has 0 saturated carbocycles. The van der Waals surface area contributed by atoms with E-state index in [9.17, 15) is 0 Å². The van der Waals surface area contributed by atoms with E-state index in [0.717, 1.165) is 69.4 Å². The number of pyridine rings is 2. The van der Waals surface area contributed by atoms with Gasteiger partial charge in [-0.2, -0.15) is 0 Å². The standard InChI is InChI=1S/C35H39N5O/c1-24-11-14-32-33(22-24)40(23-30-17-21-41-30)35(38-32)25(2)39-19-15-26(16-20-39)31-10-4-9-29(37-31)13-12-28-7-3-6-27-8-5-18-36-34(27)28/h3-11,14,18,22,25-26,30H,12-13,15-17,19-21,23H2,1-2H3. The zero-order valence-electron chi connectivity index (χ0n) is 24.2. The third-order valence-corrected chi connectivity index (χ3v) is 9.18. The third-order valence-electron chi connectivity index (χ3n) is 9.18. The molecular formula is C35H39N5O. The van der Waals surface area contributed by atoms with Crippen LogP contribution in [0.2, 0.25) is 0 Å². The molecule has 2 aliphatic rings. The highest BCUT2D eigenvalue weighted by Crippen LogP contribution is 2.33. The minimum Gasteiger partial charge on any atom is -0.376 e. The summed E-state index contributed by atoms with van der Waals surface area (Å²) >= 11 is 0. The number of nitrogens with zero attached hydrogens (tertiary/aromatic N) is 5. The van der Waals surface area contributed by atoms with Gasteiger partial charge in [0.25, 0.3) is 0 Å². The van der Waals surface area contributed by atoms with Gasteiger partial charge in [0.05, 0.1) is 35.2 Å². The van der Waals surface area contributed by atoms with Gasteiger partial charge in [-0.05, 0) is 100 Å². The van der Waals surface area contributed by atoms with E-state index in [1.165, 1.54) is 39.2 Å². The first-order valence-electron chi connectivity index (χ1n) is 15.2. The van der Waals surface area contributed by atoms with Crippen molar-refractivity contribution in [2.45, 2.75) is 70.6 Å². The molecule has 0 aliphatic carbocycles. The molecule has 3 aromatic heterocycles. The van der Waals surface area contributed by atoms with E-state index in [1.54, 1.807) is 0 Å². The number of piperidine rings is 1. The summed E-state index contributed by atoms with van der Waals surface area (Å²) in [6, 6.07) is 24.1. The summed E-state index contributed by atoms with van der Waals surface area (Å²) in [7, 11) is 0. The van der Waals surface area contributed by atoms with Crippen molar-refractivity contribution in [2.75, 3.05) is 19.7 Å². The van der Waals surface area contributed by atoms with Crippen LogP contribution in [0, 0.1) is 6.92 Å². The quantitative estimate of drug-likeness (QED) is 0.215. The summed E-state index contributed by atoms with van der Waals surface area (Å²) in [6.45, 7) is 8.37. The smallest absolute Gasteiger partial charge is 0.127 e. The molecule has 2 aliphatic heterocycles. The fraction of sp³-hybridized carbons (Fsp3) is 0.400. The second-order valence-electron chi connectivity index (χ2n) is 11.9. The van der Waals surface area contributed by atoms with Crippen LogP contribution < -0.4 is 0 Å². The third kappa shape index (κ3) is 5.39. The minimum absolute atomic E-state index is 0.261. The molecule has 2 atom stereocenters. The molecule has 0 radical (unpaired) electrons. The second-order valence-corrected chi connectivity index (χ2v) is 11.9. The first-order chi connectivity index (χ1) is 20.1. The number of benzene rings is 2. The van der Waals surface area contributed by atoms with Gasteiger partial charge in [0, 0.05) is 35.5 Å². The van der Waals surface area contributed by atoms with Gasteiger partial charge >= 0.3 is 0 Å². The number of hydrogen-bond donors (Lipinski definition) is 0. The molecule has 7 rings (SSSR count). The number of aryl methyl sites for hydroxylation is 3. The summed E-state index contributed by atoms with van der Waals surface area (Å²) in [5, 5.41) is 1.20. The Balaban J connectivity index is 1.03. The molecule has 6 nitrogen and oxygen atoms in total. The second kappa shape index (κ2) is 11.3. The SMILES string of the molecule is Cc1ccc2nc(C(C)N3CCC(c4cccc(CCc5cccc6cccnc56)n4)CC3)n(CC3CCO3)c2c1. The molecule has 41 heavy (non-hydrogen) atoms. The summed E-state index contributed by atoms with van der Waals surface area (Å²) in [4.78, 5) is 17.5. The van der Waals surface area contributed by atoms with Crippen molar-refractivity contribution in [1.29, 1.82) is 0 Å². The fourth-order valence-corrected chi connectivity index (χ4v) is 6.64. The van der Waals surface area contributed by atoms with Crippen molar-refractivity contribution in [1.82, 2.24) is 24.4 Å². The average molecular weight is 546 g/mol. The highest BCUT2D eigenvalue weighted by molar-refractivity contribution is 5.81. The van der Waals surface area contributed by atoms with Crippen molar-refractivity contribution in [3.05, 3.63) is 101 Å². The van der Waals surface area contributed by atoms with Crippen LogP contribution in [0.1, 0.15) is 66.5 Å². The van der Waals surface area contributed by atoms with Gasteiger partial charge in [0.15, 0.2) is 0 Å². The largest absolute Gasteiger partial charge is 0.376 e. The Morgan fingerprint density at radius 1 is 0.927 bits per heavy atom. The van der Waals surface area contributed by atoms with E-state index in [0.29, 0.717) is 12.0 Å². The summed E-state index contributed by atoms with van der Waals surface area (Å²) < 4.78 is 8.26. The Labute approximate surface area is 242 Å². The van der Waals surface area contributed by atoms with Gasteiger partial charge in [-0.1, -0.05) is 36.4 Å². The fourth-order valence-electron chi connectivity index (χ4n) is 6.64. The lowest BCUT2D eigenvalue weighted by Crippen LogP contribution is -2.37. The molecule has 2 fully saturated rings. The van der Waals surface area contributed by atoms with Gasteiger partial charge in [-0.25, -0.2) is 4.98 Å². The van der Waals surface area contributed by atoms with Gasteiger partial charge in [0.1, 0.15) is 5.82 Å². The molecule has 5 heterocycles. The summed E-state index contributed by atoms with van der Waals surface area (Å²) in [5.41, 5.74) is 8.42. The molecule has 2 aromatic carbocycles. The summed E-state index contributed by atoms with van der Waals surface area (Å²) in [5.74, 6) is 1.67. The van der Waals surface area contributed by atoms with Crippen LogP contribution in [-0.4, -0.2) is 50.2 Å². The molecule has 2 saturated heterocycles. The normalized spacial score (nSPS) is 19.0. The Hall–Kier alpha value is -3.61. The van der Waals surface area contributed by atoms with Crippen LogP contribution in [0.15, 0.2) is 72.9 Å². The topological polar surface area (TPSA) is 56.1 Å². The number of para-hydroxylation sites is 1. The van der Waals surface area contributed by atoms with Crippen LogP contribution >= 0.6 is 0 Å². The van der Waals surface area contributed by atoms with Gasteiger partial charge in [0.2, 0.25) is 0 Å². The van der Waals surface area contributed by atoms with Crippen LogP contribution in [-0.2, 0) is 24.1 Å². The predicted molar refractivity (Wildman–Crippen MR) is 164 cm³/mol. The first kappa shape index (κ1) is 26.3. The Kier molecular flexibility index (Phi) is 7.28. The molecular weight excluding hydrogens is 506 g/mol. The van der Waals surface area contributed by atoms with Crippen LogP contribution in [0.25, 0.3) is 21.9 Å². The lowest BCUT2D eigenvalue weighted by atomic mass is 9.92. The zero-order valence-corrected chi connectivity index (χ0v) is 24.2. The van der Waals surface area contributed by atoms with Crippen molar-refractivity contribution in [3.63, 3.8) is 0 Å². The summed E-state index contributed by atoms with van der Waals surface area (Å²) in [6.07, 6.45) is 7.46. The first-order valence-corrected chi connectivity index (χ1v) is 15.2. The lowest BCUT2D eigenvalue weighted by Gasteiger charge is -2.36. The molecule has 0 N–H and O–H groups in total. The van der Waals surface area contributed by atoms with Crippen LogP contribution in [0.5, 0.6) is 0 Å². The Morgan fingerprint density at radius 2 is 1.76 bits per heavy atom. The molecule has 210 valence electrons. The highest BCUT2D eigenvalue weighted by atomic mass is 16.5. The number of hydrogen-bond acceptors (Lipinski definition) is 5. The molecule has 6 heteroatoms. The maximum Gasteiger partial charge on any atom is 0.127 e. The molecule has 0 amide bonds. The van der Waals surface area contributed by atoms with E-state index in [1.807, 2.05) is 12.3 Å². The van der Waals surface area contributed by atoms with Gasteiger partial charge < -0.3 is 9.30 Å². The minimum atomic E-state index is 0.261. The Bertz CT molecular complexity index is 1660. The van der Waals surface area contributed by atoms with E-state index in [4.69, 9.17) is 14.7 Å². The van der Waals surface area contributed by atoms with Crippen molar-refractivity contribution < 1.29 is 4.74 Å². The van der Waals surface area contributed by atoms with Crippen LogP contribution in [0.4, 0.5) is 0 Å². The number of imidazole rings is 1. The monoisotopic (exact) mass is 545 g/mol. The molecule has 5 aromatic rings. The number of ether oxygens (including phenoxy) is 1. The number of rotatable bonds is 8. The molecule has 2 unspecified atom stereocenters. The molecule has 0 bridgehead atoms. The van der Waals surface area contributed by atoms with Crippen molar-refractivity contribution in [3.8, 4) is 0 Å². The Morgan fingerprint density at radius 3 is 2.59 bits per heavy atom. The zero-order chi connectivity index (χ0) is 27.8.